The van der Waals surface area contributed by atoms with Crippen LogP contribution in [0.15, 0.2) is 12.3 Å². The summed E-state index contributed by atoms with van der Waals surface area (Å²) in [4.78, 5) is 14.8. The van der Waals surface area contributed by atoms with Crippen LogP contribution in [0.1, 0.15) is 9.67 Å². The van der Waals surface area contributed by atoms with Gasteiger partial charge in [-0.1, -0.05) is 0 Å². The normalized spacial score (nSPS) is 29.5. The van der Waals surface area contributed by atoms with Crippen molar-refractivity contribution in [2.45, 2.75) is 0 Å². The van der Waals surface area contributed by atoms with Crippen LogP contribution in [0.4, 0.5) is 0 Å². The van der Waals surface area contributed by atoms with E-state index in [0.717, 1.165) is 31.1 Å². The molecule has 0 aliphatic carbocycles. The van der Waals surface area contributed by atoms with Gasteiger partial charge in [0.2, 0.25) is 0 Å². The first kappa shape index (κ1) is 9.30. The molecule has 1 aromatic rings. The molecule has 3 rings (SSSR count). The van der Waals surface area contributed by atoms with Crippen LogP contribution in [0.25, 0.3) is 0 Å². The lowest BCUT2D eigenvalue weighted by Crippen LogP contribution is -2.31. The zero-order valence-electron chi connectivity index (χ0n) is 8.35. The lowest BCUT2D eigenvalue weighted by atomic mass is 10.0. The summed E-state index contributed by atoms with van der Waals surface area (Å²) >= 11 is 1.29. The van der Waals surface area contributed by atoms with Gasteiger partial charge in [-0.3, -0.25) is 4.79 Å². The van der Waals surface area contributed by atoms with E-state index in [-0.39, 0.29) is 5.91 Å². The molecular formula is C10H13N3OS. The van der Waals surface area contributed by atoms with Gasteiger partial charge in [0.25, 0.3) is 5.91 Å². The molecule has 2 saturated heterocycles. The Kier molecular flexibility index (Phi) is 2.21. The second kappa shape index (κ2) is 3.57. The van der Waals surface area contributed by atoms with Crippen molar-refractivity contribution in [3.63, 3.8) is 0 Å². The largest absolute Gasteiger partial charge is 0.337 e. The van der Waals surface area contributed by atoms with Gasteiger partial charge in [0, 0.05) is 32.4 Å². The van der Waals surface area contributed by atoms with Crippen molar-refractivity contribution >= 4 is 17.4 Å². The SMILES string of the molecule is O=C(c1ccns1)N1CC2CNCC2C1. The van der Waals surface area contributed by atoms with Gasteiger partial charge in [-0.05, 0) is 29.4 Å². The number of amides is 1. The van der Waals surface area contributed by atoms with Crippen LogP contribution in [-0.4, -0.2) is 41.4 Å². The number of aromatic nitrogens is 1. The Labute approximate surface area is 92.4 Å². The average molecular weight is 223 g/mol. The minimum Gasteiger partial charge on any atom is -0.337 e. The molecule has 2 unspecified atom stereocenters. The van der Waals surface area contributed by atoms with Crippen molar-refractivity contribution in [1.29, 1.82) is 0 Å². The molecule has 80 valence electrons. The molecule has 4 nitrogen and oxygen atoms in total. The monoisotopic (exact) mass is 223 g/mol. The molecule has 2 aliphatic rings. The van der Waals surface area contributed by atoms with E-state index in [2.05, 4.69) is 9.69 Å². The zero-order chi connectivity index (χ0) is 10.3. The molecule has 1 aromatic heterocycles. The highest BCUT2D eigenvalue weighted by Gasteiger charge is 2.38. The van der Waals surface area contributed by atoms with E-state index in [1.165, 1.54) is 11.5 Å². The van der Waals surface area contributed by atoms with Gasteiger partial charge in [0.15, 0.2) is 0 Å². The Balaban J connectivity index is 1.72. The van der Waals surface area contributed by atoms with E-state index in [1.54, 1.807) is 12.3 Å². The van der Waals surface area contributed by atoms with E-state index in [0.29, 0.717) is 11.8 Å². The number of nitrogens with one attached hydrogen (secondary N) is 1. The Bertz CT molecular complexity index is 353. The molecule has 2 fully saturated rings. The minimum absolute atomic E-state index is 0.159. The van der Waals surface area contributed by atoms with Gasteiger partial charge in [0.05, 0.1) is 0 Å². The Morgan fingerprint density at radius 2 is 2.20 bits per heavy atom. The van der Waals surface area contributed by atoms with Gasteiger partial charge in [-0.25, -0.2) is 4.37 Å². The second-order valence-electron chi connectivity index (χ2n) is 4.27. The van der Waals surface area contributed by atoms with Gasteiger partial charge < -0.3 is 10.2 Å². The fraction of sp³-hybridized carbons (Fsp3) is 0.600. The summed E-state index contributed by atoms with van der Waals surface area (Å²) in [7, 11) is 0. The first-order valence-corrected chi connectivity index (χ1v) is 6.02. The lowest BCUT2D eigenvalue weighted by molar-refractivity contribution is 0.0786. The number of hydrogen-bond donors (Lipinski definition) is 1. The maximum atomic E-state index is 12.0. The van der Waals surface area contributed by atoms with Crippen molar-refractivity contribution in [2.75, 3.05) is 26.2 Å². The van der Waals surface area contributed by atoms with E-state index in [1.807, 2.05) is 4.90 Å². The molecule has 15 heavy (non-hydrogen) atoms. The summed E-state index contributed by atoms with van der Waals surface area (Å²) in [6, 6.07) is 1.80. The highest BCUT2D eigenvalue weighted by molar-refractivity contribution is 7.08. The van der Waals surface area contributed by atoms with Gasteiger partial charge in [-0.2, -0.15) is 0 Å². The third-order valence-corrected chi connectivity index (χ3v) is 4.06. The van der Waals surface area contributed by atoms with Crippen LogP contribution in [0, 0.1) is 11.8 Å². The quantitative estimate of drug-likeness (QED) is 0.751. The number of carbonyl (C=O) groups is 1. The third-order valence-electron chi connectivity index (χ3n) is 3.33. The molecule has 3 heterocycles. The highest BCUT2D eigenvalue weighted by Crippen LogP contribution is 2.27. The highest BCUT2D eigenvalue weighted by atomic mass is 32.1. The molecule has 0 bridgehead atoms. The van der Waals surface area contributed by atoms with E-state index < -0.39 is 0 Å². The molecular weight excluding hydrogens is 210 g/mol. The first-order valence-electron chi connectivity index (χ1n) is 5.25. The van der Waals surface area contributed by atoms with E-state index in [9.17, 15) is 4.79 Å². The molecule has 5 heteroatoms. The molecule has 0 radical (unpaired) electrons. The number of carbonyl (C=O) groups excluding carboxylic acids is 1. The summed E-state index contributed by atoms with van der Waals surface area (Å²) < 4.78 is 3.97. The van der Waals surface area contributed by atoms with Crippen molar-refractivity contribution in [2.24, 2.45) is 11.8 Å². The Morgan fingerprint density at radius 3 is 2.80 bits per heavy atom. The summed E-state index contributed by atoms with van der Waals surface area (Å²) in [5.74, 6) is 1.50. The zero-order valence-corrected chi connectivity index (χ0v) is 9.17. The third kappa shape index (κ3) is 1.55. The van der Waals surface area contributed by atoms with Crippen LogP contribution in [0.5, 0.6) is 0 Å². The smallest absolute Gasteiger partial charge is 0.265 e. The van der Waals surface area contributed by atoms with Crippen LogP contribution in [0.3, 0.4) is 0 Å². The summed E-state index contributed by atoms with van der Waals surface area (Å²) in [5, 5.41) is 3.37. The first-order chi connectivity index (χ1) is 7.34. The van der Waals surface area contributed by atoms with Crippen LogP contribution in [0.2, 0.25) is 0 Å². The molecule has 2 atom stereocenters. The summed E-state index contributed by atoms with van der Waals surface area (Å²) in [6.07, 6.45) is 1.69. The molecule has 0 spiro atoms. The van der Waals surface area contributed by atoms with Crippen LogP contribution in [-0.2, 0) is 0 Å². The fourth-order valence-electron chi connectivity index (χ4n) is 2.50. The van der Waals surface area contributed by atoms with Gasteiger partial charge in [-0.15, -0.1) is 0 Å². The molecule has 1 amide bonds. The Hall–Kier alpha value is -0.940. The van der Waals surface area contributed by atoms with Crippen molar-refractivity contribution in [3.8, 4) is 0 Å². The maximum absolute atomic E-state index is 12.0. The average Bonchev–Trinajstić information content (AvgIpc) is 2.92. The number of likely N-dealkylation sites (tertiary alicyclic amines) is 1. The van der Waals surface area contributed by atoms with Crippen LogP contribution < -0.4 is 5.32 Å². The molecule has 0 aromatic carbocycles. The number of hydrogen-bond acceptors (Lipinski definition) is 4. The standard InChI is InChI=1S/C10H13N3OS/c14-10(9-1-2-12-15-9)13-5-7-3-11-4-8(7)6-13/h1-2,7-8,11H,3-6H2. The number of nitrogens with zero attached hydrogens (tertiary/aromatic N) is 2. The molecule has 1 N–H and O–H groups in total. The van der Waals surface area contributed by atoms with Gasteiger partial charge in [0.1, 0.15) is 4.88 Å². The number of rotatable bonds is 1. The Morgan fingerprint density at radius 1 is 1.47 bits per heavy atom. The van der Waals surface area contributed by atoms with Crippen molar-refractivity contribution in [3.05, 3.63) is 17.1 Å². The number of fused-ring (bicyclic) bond motifs is 1. The predicted molar refractivity (Wildman–Crippen MR) is 57.9 cm³/mol. The minimum atomic E-state index is 0.159. The van der Waals surface area contributed by atoms with Gasteiger partial charge >= 0.3 is 0 Å². The summed E-state index contributed by atoms with van der Waals surface area (Å²) in [5.41, 5.74) is 0. The van der Waals surface area contributed by atoms with Crippen molar-refractivity contribution in [1.82, 2.24) is 14.6 Å². The fourth-order valence-corrected chi connectivity index (χ4v) is 3.07. The topological polar surface area (TPSA) is 45.2 Å². The molecule has 0 saturated carbocycles. The molecule has 2 aliphatic heterocycles. The second-order valence-corrected chi connectivity index (χ2v) is 5.10. The van der Waals surface area contributed by atoms with E-state index >= 15 is 0 Å². The lowest BCUT2D eigenvalue weighted by Gasteiger charge is -2.15. The van der Waals surface area contributed by atoms with Crippen LogP contribution >= 0.6 is 11.5 Å². The predicted octanol–water partition coefficient (Wildman–Crippen LogP) is 0.434. The van der Waals surface area contributed by atoms with E-state index in [4.69, 9.17) is 0 Å². The maximum Gasteiger partial charge on any atom is 0.265 e. The summed E-state index contributed by atoms with van der Waals surface area (Å²) in [6.45, 7) is 3.96. The van der Waals surface area contributed by atoms with Crippen molar-refractivity contribution < 1.29 is 4.79 Å².